The van der Waals surface area contributed by atoms with E-state index in [1.807, 2.05) is 83.5 Å². The van der Waals surface area contributed by atoms with Gasteiger partial charge in [0.15, 0.2) is 11.0 Å². The molecule has 0 N–H and O–H groups in total. The molecule has 1 unspecified atom stereocenters. The smallest absolute Gasteiger partial charge is 0.254 e. The molecular weight excluding hydrogens is 570 g/mol. The predicted molar refractivity (Wildman–Crippen MR) is 175 cm³/mol. The average molecular weight is 612 g/mol. The van der Waals surface area contributed by atoms with Gasteiger partial charge in [0, 0.05) is 54.7 Å². The van der Waals surface area contributed by atoms with Gasteiger partial charge < -0.3 is 14.5 Å². The molecule has 3 aromatic carbocycles. The summed E-state index contributed by atoms with van der Waals surface area (Å²) in [6.45, 7) is 5.87. The lowest BCUT2D eigenvalue weighted by molar-refractivity contribution is -0.133. The molecule has 44 heavy (non-hydrogen) atoms. The quantitative estimate of drug-likeness (QED) is 0.134. The molecule has 2 heterocycles. The Labute approximate surface area is 264 Å². The van der Waals surface area contributed by atoms with Gasteiger partial charge in [0.1, 0.15) is 5.75 Å². The van der Waals surface area contributed by atoms with Crippen LogP contribution in [0.1, 0.15) is 55.5 Å². The van der Waals surface area contributed by atoms with Crippen LogP contribution < -0.4 is 4.74 Å². The van der Waals surface area contributed by atoms with Crippen LogP contribution in [0.25, 0.3) is 17.1 Å². The van der Waals surface area contributed by atoms with Gasteiger partial charge in [-0.25, -0.2) is 0 Å². The van der Waals surface area contributed by atoms with E-state index in [0.29, 0.717) is 31.6 Å². The van der Waals surface area contributed by atoms with Gasteiger partial charge in [0.05, 0.1) is 7.11 Å². The number of aromatic nitrogens is 3. The molecule has 4 aromatic rings. The third-order valence-corrected chi connectivity index (χ3v) is 9.04. The van der Waals surface area contributed by atoms with E-state index in [9.17, 15) is 9.59 Å². The van der Waals surface area contributed by atoms with Crippen molar-refractivity contribution in [2.75, 3.05) is 32.5 Å². The van der Waals surface area contributed by atoms with Gasteiger partial charge in [-0.1, -0.05) is 67.6 Å². The van der Waals surface area contributed by atoms with Crippen molar-refractivity contribution in [1.29, 1.82) is 0 Å². The lowest BCUT2D eigenvalue weighted by Crippen LogP contribution is -2.55. The fourth-order valence-corrected chi connectivity index (χ4v) is 6.38. The van der Waals surface area contributed by atoms with Crippen molar-refractivity contribution in [2.24, 2.45) is 0 Å². The minimum atomic E-state index is -0.0335. The van der Waals surface area contributed by atoms with Gasteiger partial charge in [0.2, 0.25) is 5.91 Å². The molecule has 1 aromatic heterocycles. The van der Waals surface area contributed by atoms with E-state index in [1.54, 1.807) is 18.9 Å². The van der Waals surface area contributed by atoms with Crippen molar-refractivity contribution in [3.63, 3.8) is 0 Å². The number of nitrogens with zero attached hydrogens (tertiary/aromatic N) is 5. The van der Waals surface area contributed by atoms with E-state index in [4.69, 9.17) is 4.74 Å². The van der Waals surface area contributed by atoms with Crippen LogP contribution in [0.3, 0.4) is 0 Å². The molecule has 5 rings (SSSR count). The van der Waals surface area contributed by atoms with Crippen LogP contribution in [0.5, 0.6) is 5.75 Å². The first-order valence-electron chi connectivity index (χ1n) is 15.4. The van der Waals surface area contributed by atoms with Crippen molar-refractivity contribution < 1.29 is 14.3 Å². The number of carbonyl (C=O) groups excluding carboxylic acids is 2. The summed E-state index contributed by atoms with van der Waals surface area (Å²) in [7, 11) is 1.65. The lowest BCUT2D eigenvalue weighted by atomic mass is 10.0. The molecule has 9 heteroatoms. The molecule has 1 aliphatic rings. The van der Waals surface area contributed by atoms with Crippen molar-refractivity contribution in [1.82, 2.24) is 24.6 Å². The van der Waals surface area contributed by atoms with Crippen LogP contribution >= 0.6 is 11.8 Å². The Hall–Kier alpha value is -4.11. The fourth-order valence-electron chi connectivity index (χ4n) is 5.49. The van der Waals surface area contributed by atoms with Gasteiger partial charge in [-0.15, -0.1) is 10.2 Å². The zero-order chi connectivity index (χ0) is 30.9. The molecule has 0 spiro atoms. The highest BCUT2D eigenvalue weighted by molar-refractivity contribution is 7.99. The Balaban J connectivity index is 1.15. The predicted octanol–water partition coefficient (Wildman–Crippen LogP) is 6.53. The van der Waals surface area contributed by atoms with Crippen LogP contribution in [-0.4, -0.2) is 74.9 Å². The minimum Gasteiger partial charge on any atom is -0.497 e. The van der Waals surface area contributed by atoms with E-state index in [2.05, 4.69) is 33.8 Å². The third-order valence-electron chi connectivity index (χ3n) is 8.02. The summed E-state index contributed by atoms with van der Waals surface area (Å²) in [5.74, 6) is 2.46. The van der Waals surface area contributed by atoms with Gasteiger partial charge in [-0.05, 0) is 68.1 Å². The van der Waals surface area contributed by atoms with E-state index in [0.717, 1.165) is 59.4 Å². The largest absolute Gasteiger partial charge is 0.497 e. The summed E-state index contributed by atoms with van der Waals surface area (Å²) in [5.41, 5.74) is 3.91. The SMILES string of the molecule is CCCCc1ccc(C(=O)N2CCN(C(=O)CCCSc3nnc(-c4ccccc4)n3-c3ccc(OC)cc3)CC2C)cc1. The van der Waals surface area contributed by atoms with E-state index in [1.165, 1.54) is 5.56 Å². The summed E-state index contributed by atoms with van der Waals surface area (Å²) >= 11 is 1.60. The number of rotatable bonds is 12. The number of hydrogen-bond donors (Lipinski definition) is 0. The molecule has 0 bridgehead atoms. The summed E-state index contributed by atoms with van der Waals surface area (Å²) in [6, 6.07) is 25.8. The number of unbranched alkanes of at least 4 members (excludes halogenated alkanes) is 1. The first-order chi connectivity index (χ1) is 21.5. The Bertz CT molecular complexity index is 1520. The molecule has 1 atom stereocenters. The zero-order valence-electron chi connectivity index (χ0n) is 25.8. The number of ether oxygens (including phenoxy) is 1. The molecule has 0 radical (unpaired) electrons. The second kappa shape index (κ2) is 15.1. The highest BCUT2D eigenvalue weighted by Gasteiger charge is 2.30. The number of hydrogen-bond acceptors (Lipinski definition) is 6. The van der Waals surface area contributed by atoms with Gasteiger partial charge in [0.25, 0.3) is 5.91 Å². The molecule has 8 nitrogen and oxygen atoms in total. The maximum absolute atomic E-state index is 13.2. The summed E-state index contributed by atoms with van der Waals surface area (Å²) < 4.78 is 7.39. The van der Waals surface area contributed by atoms with Crippen molar-refractivity contribution in [3.8, 4) is 22.8 Å². The highest BCUT2D eigenvalue weighted by atomic mass is 32.2. The van der Waals surface area contributed by atoms with Crippen LogP contribution in [0.4, 0.5) is 0 Å². The second-order valence-electron chi connectivity index (χ2n) is 11.1. The molecule has 0 aliphatic carbocycles. The van der Waals surface area contributed by atoms with E-state index in [-0.39, 0.29) is 17.9 Å². The number of piperazine rings is 1. The number of benzene rings is 3. The third kappa shape index (κ3) is 7.50. The average Bonchev–Trinajstić information content (AvgIpc) is 3.49. The van der Waals surface area contributed by atoms with E-state index < -0.39 is 0 Å². The van der Waals surface area contributed by atoms with Gasteiger partial charge in [-0.2, -0.15) is 0 Å². The van der Waals surface area contributed by atoms with Crippen LogP contribution in [0, 0.1) is 0 Å². The Morgan fingerprint density at radius 1 is 0.932 bits per heavy atom. The van der Waals surface area contributed by atoms with Crippen molar-refractivity contribution in [3.05, 3.63) is 90.0 Å². The maximum Gasteiger partial charge on any atom is 0.254 e. The van der Waals surface area contributed by atoms with Crippen molar-refractivity contribution in [2.45, 2.75) is 57.1 Å². The normalized spacial score (nSPS) is 14.9. The molecule has 1 aliphatic heterocycles. The fraction of sp³-hybridized carbons (Fsp3) is 0.371. The van der Waals surface area contributed by atoms with E-state index >= 15 is 0 Å². The Morgan fingerprint density at radius 3 is 2.36 bits per heavy atom. The molecular formula is C35H41N5O3S. The first kappa shape index (κ1) is 31.3. The first-order valence-corrected chi connectivity index (χ1v) is 16.4. The van der Waals surface area contributed by atoms with Crippen LogP contribution in [0.15, 0.2) is 84.0 Å². The zero-order valence-corrected chi connectivity index (χ0v) is 26.6. The summed E-state index contributed by atoms with van der Waals surface area (Å²) in [5, 5.41) is 9.80. The molecule has 1 saturated heterocycles. The minimum absolute atomic E-state index is 0.0335. The Kier molecular flexibility index (Phi) is 10.7. The number of aryl methyl sites for hydroxylation is 1. The molecule has 230 valence electrons. The number of carbonyl (C=O) groups is 2. The van der Waals surface area contributed by atoms with Crippen LogP contribution in [0.2, 0.25) is 0 Å². The van der Waals surface area contributed by atoms with Crippen molar-refractivity contribution >= 4 is 23.6 Å². The lowest BCUT2D eigenvalue weighted by Gasteiger charge is -2.40. The topological polar surface area (TPSA) is 80.6 Å². The number of amides is 2. The molecule has 2 amide bonds. The molecule has 1 fully saturated rings. The summed E-state index contributed by atoms with van der Waals surface area (Å²) in [6.07, 6.45) is 4.52. The van der Waals surface area contributed by atoms with Gasteiger partial charge in [-0.3, -0.25) is 14.2 Å². The maximum atomic E-state index is 13.2. The van der Waals surface area contributed by atoms with Crippen LogP contribution in [-0.2, 0) is 11.2 Å². The Morgan fingerprint density at radius 2 is 1.68 bits per heavy atom. The monoisotopic (exact) mass is 611 g/mol. The number of thioether (sulfide) groups is 1. The van der Waals surface area contributed by atoms with Gasteiger partial charge >= 0.3 is 0 Å². The molecule has 0 saturated carbocycles. The standard InChI is InChI=1S/C35H41N5O3S/c1-4-5-10-27-14-16-29(17-15-27)34(42)39-23-22-38(25-26(39)2)32(41)13-9-24-44-35-37-36-33(28-11-7-6-8-12-28)40(35)30-18-20-31(43-3)21-19-30/h6-8,11-12,14-21,26H,4-5,9-10,13,22-25H2,1-3H3. The second-order valence-corrected chi connectivity index (χ2v) is 12.2. The summed E-state index contributed by atoms with van der Waals surface area (Å²) in [4.78, 5) is 30.1. The highest BCUT2D eigenvalue weighted by Crippen LogP contribution is 2.29. The number of methoxy groups -OCH3 is 1.